The maximum Gasteiger partial charge on any atom is 0.384 e. The molecule has 1 saturated carbocycles. The van der Waals surface area contributed by atoms with E-state index in [1.54, 1.807) is 0 Å². The first-order valence-electron chi connectivity index (χ1n) is 8.40. The van der Waals surface area contributed by atoms with Gasteiger partial charge in [-0.15, -0.1) is 0 Å². The smallest absolute Gasteiger partial charge is 0.384 e. The van der Waals surface area contributed by atoms with Gasteiger partial charge in [0.25, 0.3) is 5.91 Å². The van der Waals surface area contributed by atoms with Crippen LogP contribution in [0.3, 0.4) is 0 Å². The molecule has 0 aromatic heterocycles. The highest BCUT2D eigenvalue weighted by molar-refractivity contribution is 6.03. The summed E-state index contributed by atoms with van der Waals surface area (Å²) in [5.74, 6) is -43.5. The normalized spacial score (nSPS) is 22.9. The number of ether oxygens (including phenoxy) is 2. The molecule has 1 N–H and O–H groups in total. The summed E-state index contributed by atoms with van der Waals surface area (Å²) in [5.41, 5.74) is -9.70. The Balaban J connectivity index is 2.71. The van der Waals surface area contributed by atoms with Crippen LogP contribution in [0.2, 0.25) is 0 Å². The van der Waals surface area contributed by atoms with Crippen LogP contribution in [0.25, 0.3) is 0 Å². The number of methoxy groups -OCH3 is 2. The lowest BCUT2D eigenvalue weighted by Gasteiger charge is -2.51. The number of anilines is 1. The third kappa shape index (κ3) is 3.11. The van der Waals surface area contributed by atoms with Gasteiger partial charge in [0.2, 0.25) is 0 Å². The number of esters is 2. The SMILES string of the molecule is COC(=O)c1cc(NC(=O)C2(F)C(F)(F)C(F)(F)C(F)(F)C(F)(F)C2(F)F)cc(C(=O)OC)c1. The monoisotopic (exact) mass is 517 g/mol. The number of nitrogens with one attached hydrogen (secondary N) is 1. The third-order valence-corrected chi connectivity index (χ3v) is 4.79. The molecule has 0 heterocycles. The van der Waals surface area contributed by atoms with Crippen LogP contribution in [0.1, 0.15) is 20.7 Å². The lowest BCUT2D eigenvalue weighted by atomic mass is 9.71. The molecule has 1 aliphatic carbocycles. The van der Waals surface area contributed by atoms with Crippen LogP contribution < -0.4 is 5.32 Å². The molecule has 0 saturated heterocycles. The highest BCUT2D eigenvalue weighted by Crippen LogP contribution is 2.69. The van der Waals surface area contributed by atoms with Crippen molar-refractivity contribution in [3.63, 3.8) is 0 Å². The van der Waals surface area contributed by atoms with Crippen LogP contribution in [-0.2, 0) is 14.3 Å². The van der Waals surface area contributed by atoms with Gasteiger partial charge < -0.3 is 14.8 Å². The van der Waals surface area contributed by atoms with E-state index in [-0.39, 0.29) is 0 Å². The predicted molar refractivity (Wildman–Crippen MR) is 86.3 cm³/mol. The summed E-state index contributed by atoms with van der Waals surface area (Å²) in [6.45, 7) is 0. The Morgan fingerprint density at radius 1 is 0.618 bits per heavy atom. The van der Waals surface area contributed by atoms with E-state index in [0.717, 1.165) is 19.5 Å². The first-order chi connectivity index (χ1) is 15.2. The molecule has 0 unspecified atom stereocenters. The number of carbonyl (C=O) groups excluding carboxylic acids is 3. The molecule has 1 aliphatic rings. The van der Waals surface area contributed by atoms with Crippen molar-refractivity contribution in [2.75, 3.05) is 19.5 Å². The highest BCUT2D eigenvalue weighted by Gasteiger charge is 3.02. The first kappa shape index (κ1) is 27.1. The van der Waals surface area contributed by atoms with Crippen molar-refractivity contribution in [3.05, 3.63) is 29.3 Å². The number of rotatable bonds is 4. The number of amides is 1. The van der Waals surface area contributed by atoms with Gasteiger partial charge in [-0.1, -0.05) is 0 Å². The Kier molecular flexibility index (Phi) is 6.13. The van der Waals surface area contributed by atoms with E-state index in [2.05, 4.69) is 9.47 Å². The second-order valence-electron chi connectivity index (χ2n) is 6.77. The van der Waals surface area contributed by atoms with E-state index >= 15 is 0 Å². The van der Waals surface area contributed by atoms with Crippen molar-refractivity contribution >= 4 is 23.5 Å². The van der Waals surface area contributed by atoms with Crippen molar-refractivity contribution in [1.29, 1.82) is 0 Å². The number of alkyl halides is 11. The average Bonchev–Trinajstić information content (AvgIpc) is 2.75. The second-order valence-corrected chi connectivity index (χ2v) is 6.77. The van der Waals surface area contributed by atoms with E-state index in [0.29, 0.717) is 18.2 Å². The lowest BCUT2D eigenvalue weighted by molar-refractivity contribution is -0.475. The topological polar surface area (TPSA) is 81.7 Å². The number of hydrogen-bond donors (Lipinski definition) is 1. The summed E-state index contributed by atoms with van der Waals surface area (Å²) in [6, 6.07) is 1.37. The minimum Gasteiger partial charge on any atom is -0.465 e. The van der Waals surface area contributed by atoms with Crippen LogP contribution in [-0.4, -0.2) is 67.3 Å². The third-order valence-electron chi connectivity index (χ3n) is 4.79. The fraction of sp³-hybridized carbons (Fsp3) is 0.471. The zero-order chi connectivity index (χ0) is 26.7. The Morgan fingerprint density at radius 2 is 0.941 bits per heavy atom. The summed E-state index contributed by atoms with van der Waals surface area (Å²) >= 11 is 0. The second kappa shape index (κ2) is 7.69. The summed E-state index contributed by atoms with van der Waals surface area (Å²) in [6.07, 6.45) is 0. The maximum atomic E-state index is 14.8. The Morgan fingerprint density at radius 3 is 1.26 bits per heavy atom. The van der Waals surface area contributed by atoms with Gasteiger partial charge in [-0.25, -0.2) is 14.0 Å². The van der Waals surface area contributed by atoms with Gasteiger partial charge in [0.15, 0.2) is 0 Å². The zero-order valence-corrected chi connectivity index (χ0v) is 16.4. The molecule has 34 heavy (non-hydrogen) atoms. The van der Waals surface area contributed by atoms with Crippen molar-refractivity contribution in [1.82, 2.24) is 0 Å². The molecule has 17 heteroatoms. The fourth-order valence-electron chi connectivity index (χ4n) is 2.89. The molecule has 1 fully saturated rings. The van der Waals surface area contributed by atoms with Crippen LogP contribution in [0, 0.1) is 0 Å². The number of hydrogen-bond acceptors (Lipinski definition) is 5. The molecule has 2 rings (SSSR count). The minimum absolute atomic E-state index is 0.351. The van der Waals surface area contributed by atoms with Crippen LogP contribution in [0.5, 0.6) is 0 Å². The quantitative estimate of drug-likeness (QED) is 0.481. The first-order valence-corrected chi connectivity index (χ1v) is 8.40. The van der Waals surface area contributed by atoms with Gasteiger partial charge in [-0.05, 0) is 18.2 Å². The molecule has 6 nitrogen and oxygen atoms in total. The van der Waals surface area contributed by atoms with Gasteiger partial charge in [0.05, 0.1) is 25.3 Å². The van der Waals surface area contributed by atoms with Crippen molar-refractivity contribution in [3.8, 4) is 0 Å². The van der Waals surface area contributed by atoms with Crippen LogP contribution in [0.15, 0.2) is 18.2 Å². The number of carbonyl (C=O) groups is 3. The molecule has 1 amide bonds. The summed E-state index contributed by atoms with van der Waals surface area (Å²) in [5, 5.41) is 0.804. The van der Waals surface area contributed by atoms with E-state index < -0.39 is 69.9 Å². The molecule has 0 atom stereocenters. The Bertz CT molecular complexity index is 976. The molecule has 0 radical (unpaired) electrons. The van der Waals surface area contributed by atoms with Gasteiger partial charge in [-0.2, -0.15) is 43.9 Å². The van der Waals surface area contributed by atoms with Gasteiger partial charge in [0, 0.05) is 5.69 Å². The molecule has 190 valence electrons. The van der Waals surface area contributed by atoms with E-state index in [1.165, 1.54) is 0 Å². The van der Waals surface area contributed by atoms with Gasteiger partial charge in [-0.3, -0.25) is 4.79 Å². The lowest BCUT2D eigenvalue weighted by Crippen LogP contribution is -2.86. The van der Waals surface area contributed by atoms with Gasteiger partial charge >= 0.3 is 47.2 Å². The maximum absolute atomic E-state index is 14.8. The van der Waals surface area contributed by atoms with E-state index in [1.807, 2.05) is 0 Å². The van der Waals surface area contributed by atoms with Crippen molar-refractivity contribution < 1.29 is 72.2 Å². The predicted octanol–water partition coefficient (Wildman–Crippen LogP) is 4.10. The standard InChI is InChI=1S/C17H10F11NO5/c1-33-9(30)6-3-7(10(31)34-2)5-8(4-6)29-11(32)12(18)13(19,20)15(23,24)17(27,28)16(25,26)14(12,21)22/h3-5H,1-2H3,(H,29,32). The Hall–Kier alpha value is -3.14. The van der Waals surface area contributed by atoms with Crippen molar-refractivity contribution in [2.45, 2.75) is 35.3 Å². The summed E-state index contributed by atoms with van der Waals surface area (Å²) in [4.78, 5) is 35.3. The zero-order valence-electron chi connectivity index (χ0n) is 16.4. The summed E-state index contributed by atoms with van der Waals surface area (Å²) in [7, 11) is 1.55. The van der Waals surface area contributed by atoms with E-state index in [4.69, 9.17) is 0 Å². The van der Waals surface area contributed by atoms with Crippen LogP contribution in [0.4, 0.5) is 54.0 Å². The molecule has 0 bridgehead atoms. The van der Waals surface area contributed by atoms with Crippen molar-refractivity contribution in [2.24, 2.45) is 0 Å². The average molecular weight is 517 g/mol. The Labute approximate surface area is 181 Å². The molecular formula is C17H10F11NO5. The molecular weight excluding hydrogens is 507 g/mol. The van der Waals surface area contributed by atoms with Gasteiger partial charge in [0.1, 0.15) is 0 Å². The minimum atomic E-state index is -7.49. The molecule has 0 spiro atoms. The summed E-state index contributed by atoms with van der Waals surface area (Å²) < 4.78 is 160. The fourth-order valence-corrected chi connectivity index (χ4v) is 2.89. The molecule has 1 aromatic rings. The van der Waals surface area contributed by atoms with Crippen LogP contribution >= 0.6 is 0 Å². The highest BCUT2D eigenvalue weighted by atomic mass is 19.4. The molecule has 0 aliphatic heterocycles. The molecule has 1 aromatic carbocycles. The number of halogens is 11. The van der Waals surface area contributed by atoms with E-state index in [9.17, 15) is 62.7 Å². The largest absolute Gasteiger partial charge is 0.465 e. The number of benzene rings is 1.